The fourth-order valence-corrected chi connectivity index (χ4v) is 9.57. The van der Waals surface area contributed by atoms with Crippen molar-refractivity contribution in [2.24, 2.45) is 40.4 Å². The molecule has 178 valence electrons. The maximum Gasteiger partial charge on any atom is 0.165 e. The van der Waals surface area contributed by atoms with Crippen molar-refractivity contribution in [2.45, 2.75) is 116 Å². The van der Waals surface area contributed by atoms with Gasteiger partial charge in [-0.3, -0.25) is 0 Å². The van der Waals surface area contributed by atoms with Gasteiger partial charge in [0.25, 0.3) is 0 Å². The lowest BCUT2D eigenvalue weighted by molar-refractivity contribution is -0.173. The van der Waals surface area contributed by atoms with Crippen molar-refractivity contribution in [1.82, 2.24) is 0 Å². The van der Waals surface area contributed by atoms with Gasteiger partial charge in [0.2, 0.25) is 0 Å². The van der Waals surface area contributed by atoms with E-state index in [1.54, 1.807) is 5.57 Å². The van der Waals surface area contributed by atoms with E-state index in [1.807, 2.05) is 0 Å². The SMILES string of the molecule is C=C(CCC1(C)OC2OC3CC1C21CCC2C(=CCC4CC(O)CCC42C)C31)C(C)CC. The van der Waals surface area contributed by atoms with E-state index in [2.05, 4.69) is 40.3 Å². The molecule has 1 spiro atoms. The second-order valence-electron chi connectivity index (χ2n) is 12.9. The van der Waals surface area contributed by atoms with E-state index in [0.29, 0.717) is 41.1 Å². The lowest BCUT2D eigenvalue weighted by Crippen LogP contribution is -2.51. The number of fused-ring (bicyclic) bond motifs is 3. The van der Waals surface area contributed by atoms with Crippen molar-refractivity contribution in [2.75, 3.05) is 0 Å². The minimum absolute atomic E-state index is 0.00123. The highest BCUT2D eigenvalue weighted by Gasteiger charge is 2.77. The zero-order chi connectivity index (χ0) is 22.5. The van der Waals surface area contributed by atoms with Crippen LogP contribution in [0.2, 0.25) is 0 Å². The molecular weight excluding hydrogens is 396 g/mol. The summed E-state index contributed by atoms with van der Waals surface area (Å²) in [4.78, 5) is 0. The Labute approximate surface area is 195 Å². The molecule has 2 heterocycles. The fraction of sp³-hybridized carbons (Fsp3) is 0.862. The molecule has 4 aliphatic carbocycles. The Morgan fingerprint density at radius 3 is 2.84 bits per heavy atom. The summed E-state index contributed by atoms with van der Waals surface area (Å²) >= 11 is 0. The number of aliphatic hydroxyl groups is 1. The van der Waals surface area contributed by atoms with Crippen LogP contribution in [0.15, 0.2) is 23.8 Å². The third-order valence-corrected chi connectivity index (χ3v) is 11.7. The zero-order valence-corrected chi connectivity index (χ0v) is 20.7. The van der Waals surface area contributed by atoms with Crippen LogP contribution < -0.4 is 0 Å². The van der Waals surface area contributed by atoms with E-state index in [9.17, 15) is 5.11 Å². The first kappa shape index (κ1) is 21.9. The third kappa shape index (κ3) is 2.71. The van der Waals surface area contributed by atoms with Gasteiger partial charge in [0, 0.05) is 17.3 Å². The van der Waals surface area contributed by atoms with Crippen LogP contribution >= 0.6 is 0 Å². The van der Waals surface area contributed by atoms with Crippen molar-refractivity contribution < 1.29 is 14.6 Å². The van der Waals surface area contributed by atoms with Crippen LogP contribution in [0.25, 0.3) is 0 Å². The molecule has 32 heavy (non-hydrogen) atoms. The molecule has 11 atom stereocenters. The molecule has 2 bridgehead atoms. The number of ether oxygens (including phenoxy) is 2. The van der Waals surface area contributed by atoms with Crippen LogP contribution in [-0.2, 0) is 9.47 Å². The van der Waals surface area contributed by atoms with E-state index in [0.717, 1.165) is 32.1 Å². The largest absolute Gasteiger partial charge is 0.393 e. The fourth-order valence-electron chi connectivity index (χ4n) is 9.57. The molecule has 2 aliphatic heterocycles. The Morgan fingerprint density at radius 1 is 1.25 bits per heavy atom. The van der Waals surface area contributed by atoms with Gasteiger partial charge in [-0.15, -0.1) is 0 Å². The standard InChI is InChI=1S/C29H44O3/c1-6-17(2)18(3)9-13-28(5)24-16-23-25-21-8-7-19-15-20(30)10-12-27(19,4)22(21)11-14-29(24,25)26(31-23)32-28/h8,17,19-20,22-26,30H,3,6-7,9-16H2,1-2,4-5H3. The van der Waals surface area contributed by atoms with Gasteiger partial charge in [-0.05, 0) is 94.3 Å². The summed E-state index contributed by atoms with van der Waals surface area (Å²) in [6.45, 7) is 13.9. The molecule has 0 amide bonds. The lowest BCUT2D eigenvalue weighted by Gasteiger charge is -2.56. The van der Waals surface area contributed by atoms with Gasteiger partial charge in [-0.1, -0.05) is 44.6 Å². The monoisotopic (exact) mass is 440 g/mol. The first-order valence-corrected chi connectivity index (χ1v) is 13.6. The molecule has 0 aromatic heterocycles. The molecule has 11 unspecified atom stereocenters. The van der Waals surface area contributed by atoms with E-state index < -0.39 is 0 Å². The predicted octanol–water partition coefficient (Wildman–Crippen LogP) is 6.41. The summed E-state index contributed by atoms with van der Waals surface area (Å²) in [6, 6.07) is 0. The average Bonchev–Trinajstić information content (AvgIpc) is 3.30. The highest BCUT2D eigenvalue weighted by molar-refractivity contribution is 5.34. The van der Waals surface area contributed by atoms with Crippen LogP contribution in [0.1, 0.15) is 91.9 Å². The second-order valence-corrected chi connectivity index (χ2v) is 12.9. The molecule has 6 rings (SSSR count). The van der Waals surface area contributed by atoms with Crippen molar-refractivity contribution >= 4 is 0 Å². The van der Waals surface area contributed by atoms with Crippen LogP contribution in [0.3, 0.4) is 0 Å². The first-order chi connectivity index (χ1) is 15.2. The quantitative estimate of drug-likeness (QED) is 0.502. The topological polar surface area (TPSA) is 38.7 Å². The number of aliphatic hydroxyl groups excluding tert-OH is 1. The molecule has 0 aromatic rings. The van der Waals surface area contributed by atoms with Crippen LogP contribution in [0, 0.1) is 40.4 Å². The minimum Gasteiger partial charge on any atom is -0.393 e. The first-order valence-electron chi connectivity index (χ1n) is 13.6. The summed E-state index contributed by atoms with van der Waals surface area (Å²) in [5.74, 6) is 3.12. The summed E-state index contributed by atoms with van der Waals surface area (Å²) < 4.78 is 13.5. The summed E-state index contributed by atoms with van der Waals surface area (Å²) in [6.07, 6.45) is 14.3. The normalized spacial score (nSPS) is 53.9. The highest BCUT2D eigenvalue weighted by Crippen LogP contribution is 2.75. The van der Waals surface area contributed by atoms with Gasteiger partial charge in [-0.2, -0.15) is 0 Å². The van der Waals surface area contributed by atoms with Crippen molar-refractivity contribution in [3.63, 3.8) is 0 Å². The molecule has 5 fully saturated rings. The molecule has 6 aliphatic rings. The van der Waals surface area contributed by atoms with Crippen LogP contribution in [0.5, 0.6) is 0 Å². The molecular formula is C29H44O3. The third-order valence-electron chi connectivity index (χ3n) is 11.7. The van der Waals surface area contributed by atoms with Gasteiger partial charge in [0.05, 0.1) is 17.8 Å². The van der Waals surface area contributed by atoms with Gasteiger partial charge < -0.3 is 14.6 Å². The summed E-state index contributed by atoms with van der Waals surface area (Å²) in [5.41, 5.74) is 3.62. The molecule has 3 nitrogen and oxygen atoms in total. The number of rotatable bonds is 5. The Hall–Kier alpha value is -0.640. The van der Waals surface area contributed by atoms with E-state index >= 15 is 0 Å². The average molecular weight is 441 g/mol. The maximum atomic E-state index is 10.3. The molecule has 0 radical (unpaired) electrons. The Balaban J connectivity index is 1.28. The van der Waals surface area contributed by atoms with Crippen LogP contribution in [0.4, 0.5) is 0 Å². The summed E-state index contributed by atoms with van der Waals surface area (Å²) in [5, 5.41) is 10.3. The molecule has 3 saturated carbocycles. The van der Waals surface area contributed by atoms with Gasteiger partial charge >= 0.3 is 0 Å². The highest BCUT2D eigenvalue weighted by atomic mass is 16.7. The molecule has 1 N–H and O–H groups in total. The number of hydrogen-bond acceptors (Lipinski definition) is 3. The van der Waals surface area contributed by atoms with E-state index in [4.69, 9.17) is 9.47 Å². The van der Waals surface area contributed by atoms with Gasteiger partial charge in [-0.25, -0.2) is 0 Å². The Bertz CT molecular complexity index is 832. The number of hydrogen-bond donors (Lipinski definition) is 1. The number of allylic oxidation sites excluding steroid dienone is 2. The predicted molar refractivity (Wildman–Crippen MR) is 127 cm³/mol. The molecule has 2 saturated heterocycles. The van der Waals surface area contributed by atoms with Gasteiger partial charge in [0.1, 0.15) is 0 Å². The molecule has 3 heteroatoms. The van der Waals surface area contributed by atoms with Crippen molar-refractivity contribution in [1.29, 1.82) is 0 Å². The zero-order valence-electron chi connectivity index (χ0n) is 20.7. The Morgan fingerprint density at radius 2 is 2.06 bits per heavy atom. The van der Waals surface area contributed by atoms with Crippen LogP contribution in [-0.4, -0.2) is 29.2 Å². The maximum absolute atomic E-state index is 10.3. The Kier molecular flexibility index (Phi) is 4.91. The van der Waals surface area contributed by atoms with E-state index in [-0.39, 0.29) is 23.4 Å². The molecule has 0 aromatic carbocycles. The van der Waals surface area contributed by atoms with Crippen molar-refractivity contribution in [3.8, 4) is 0 Å². The van der Waals surface area contributed by atoms with Gasteiger partial charge in [0.15, 0.2) is 6.29 Å². The minimum atomic E-state index is -0.0842. The summed E-state index contributed by atoms with van der Waals surface area (Å²) in [7, 11) is 0. The lowest BCUT2D eigenvalue weighted by atomic mass is 9.47. The smallest absolute Gasteiger partial charge is 0.165 e. The van der Waals surface area contributed by atoms with E-state index in [1.165, 1.54) is 37.7 Å². The second kappa shape index (κ2) is 7.18. The van der Waals surface area contributed by atoms with Crippen molar-refractivity contribution in [3.05, 3.63) is 23.8 Å².